The van der Waals surface area contributed by atoms with E-state index in [2.05, 4.69) is 27.3 Å². The Hall–Kier alpha value is -2.99. The standard InChI is InChI=1S/C21H22N4O2/c26-14-16-6-4-15(5-7-16)11-17-8-10-25(13-17)21(27)20-12-19(23-24-20)18-3-1-2-9-22-18/h1-7,9,12,17,26H,8,10-11,13-14H2,(H,23,24)/t17-/m1/s1. The summed E-state index contributed by atoms with van der Waals surface area (Å²) < 4.78 is 0. The van der Waals surface area contributed by atoms with E-state index >= 15 is 0 Å². The van der Waals surface area contributed by atoms with Crippen LogP contribution in [0.3, 0.4) is 0 Å². The van der Waals surface area contributed by atoms with Crippen molar-refractivity contribution in [1.82, 2.24) is 20.1 Å². The second kappa shape index (κ2) is 7.72. The molecule has 0 unspecified atom stereocenters. The van der Waals surface area contributed by atoms with Crippen LogP contribution in [-0.4, -0.2) is 44.2 Å². The second-order valence-electron chi connectivity index (χ2n) is 6.97. The molecule has 1 aromatic carbocycles. The van der Waals surface area contributed by atoms with Gasteiger partial charge in [-0.2, -0.15) is 5.10 Å². The third-order valence-corrected chi connectivity index (χ3v) is 5.04. The zero-order valence-electron chi connectivity index (χ0n) is 15.0. The van der Waals surface area contributed by atoms with Crippen LogP contribution >= 0.6 is 0 Å². The van der Waals surface area contributed by atoms with E-state index in [4.69, 9.17) is 5.11 Å². The minimum Gasteiger partial charge on any atom is -0.392 e. The number of hydrogen-bond donors (Lipinski definition) is 2. The van der Waals surface area contributed by atoms with E-state index in [1.54, 1.807) is 12.3 Å². The van der Waals surface area contributed by atoms with Gasteiger partial charge in [0.1, 0.15) is 11.4 Å². The molecular weight excluding hydrogens is 340 g/mol. The molecule has 27 heavy (non-hydrogen) atoms. The first-order chi connectivity index (χ1) is 13.2. The van der Waals surface area contributed by atoms with Crippen LogP contribution < -0.4 is 0 Å². The van der Waals surface area contributed by atoms with Crippen molar-refractivity contribution < 1.29 is 9.90 Å². The number of aromatic amines is 1. The van der Waals surface area contributed by atoms with Crippen LogP contribution in [-0.2, 0) is 13.0 Å². The monoisotopic (exact) mass is 362 g/mol. The predicted molar refractivity (Wildman–Crippen MR) is 102 cm³/mol. The van der Waals surface area contributed by atoms with Crippen LogP contribution in [0.4, 0.5) is 0 Å². The molecule has 6 heteroatoms. The fourth-order valence-corrected chi connectivity index (χ4v) is 3.54. The van der Waals surface area contributed by atoms with Crippen molar-refractivity contribution in [2.45, 2.75) is 19.4 Å². The lowest BCUT2D eigenvalue weighted by Gasteiger charge is -2.15. The van der Waals surface area contributed by atoms with Gasteiger partial charge in [0.25, 0.3) is 5.91 Å². The summed E-state index contributed by atoms with van der Waals surface area (Å²) in [5, 5.41) is 16.2. The van der Waals surface area contributed by atoms with Crippen LogP contribution in [0.2, 0.25) is 0 Å². The number of carbonyl (C=O) groups excluding carboxylic acids is 1. The highest BCUT2D eigenvalue weighted by molar-refractivity contribution is 5.93. The summed E-state index contributed by atoms with van der Waals surface area (Å²) in [6.07, 6.45) is 3.65. The van der Waals surface area contributed by atoms with E-state index in [0.717, 1.165) is 37.2 Å². The number of likely N-dealkylation sites (tertiary alicyclic amines) is 1. The van der Waals surface area contributed by atoms with Crippen LogP contribution in [0.15, 0.2) is 54.7 Å². The van der Waals surface area contributed by atoms with Gasteiger partial charge in [0, 0.05) is 19.3 Å². The summed E-state index contributed by atoms with van der Waals surface area (Å²) in [6.45, 7) is 1.57. The Labute approximate surface area is 157 Å². The lowest BCUT2D eigenvalue weighted by molar-refractivity contribution is 0.0781. The Bertz CT molecular complexity index is 905. The molecule has 3 aromatic rings. The van der Waals surface area contributed by atoms with Crippen LogP contribution in [0, 0.1) is 5.92 Å². The number of amides is 1. The van der Waals surface area contributed by atoms with Gasteiger partial charge in [0.05, 0.1) is 12.3 Å². The molecule has 1 aliphatic rings. The van der Waals surface area contributed by atoms with E-state index in [1.807, 2.05) is 35.2 Å². The second-order valence-corrected chi connectivity index (χ2v) is 6.97. The Morgan fingerprint density at radius 2 is 1.96 bits per heavy atom. The Morgan fingerprint density at radius 3 is 2.70 bits per heavy atom. The number of aliphatic hydroxyl groups excluding tert-OH is 1. The number of carbonyl (C=O) groups is 1. The number of hydrogen-bond acceptors (Lipinski definition) is 4. The summed E-state index contributed by atoms with van der Waals surface area (Å²) in [4.78, 5) is 18.9. The van der Waals surface area contributed by atoms with E-state index in [9.17, 15) is 4.79 Å². The zero-order chi connectivity index (χ0) is 18.6. The summed E-state index contributed by atoms with van der Waals surface area (Å²) in [5.41, 5.74) is 4.09. The summed E-state index contributed by atoms with van der Waals surface area (Å²) in [7, 11) is 0. The van der Waals surface area contributed by atoms with Gasteiger partial charge in [-0.15, -0.1) is 0 Å². The third kappa shape index (κ3) is 3.90. The maximum absolute atomic E-state index is 12.8. The smallest absolute Gasteiger partial charge is 0.271 e. The number of aromatic nitrogens is 3. The molecule has 1 amide bonds. The molecule has 1 saturated heterocycles. The molecule has 0 radical (unpaired) electrons. The minimum atomic E-state index is -0.0113. The maximum Gasteiger partial charge on any atom is 0.271 e. The van der Waals surface area contributed by atoms with Gasteiger partial charge in [0.2, 0.25) is 0 Å². The molecule has 138 valence electrons. The maximum atomic E-state index is 12.8. The van der Waals surface area contributed by atoms with Gasteiger partial charge in [-0.1, -0.05) is 30.3 Å². The van der Waals surface area contributed by atoms with Crippen molar-refractivity contribution in [1.29, 1.82) is 0 Å². The molecule has 6 nitrogen and oxygen atoms in total. The molecule has 1 atom stereocenters. The first kappa shape index (κ1) is 17.4. The average molecular weight is 362 g/mol. The molecule has 4 rings (SSSR count). The van der Waals surface area contributed by atoms with Crippen LogP contribution in [0.5, 0.6) is 0 Å². The number of H-pyrrole nitrogens is 1. The largest absolute Gasteiger partial charge is 0.392 e. The number of rotatable bonds is 5. The van der Waals surface area contributed by atoms with Crippen molar-refractivity contribution in [2.24, 2.45) is 5.92 Å². The van der Waals surface area contributed by atoms with Gasteiger partial charge in [-0.05, 0) is 48.1 Å². The molecule has 1 fully saturated rings. The molecule has 0 spiro atoms. The summed E-state index contributed by atoms with van der Waals surface area (Å²) >= 11 is 0. The predicted octanol–water partition coefficient (Wildman–Crippen LogP) is 2.67. The van der Waals surface area contributed by atoms with E-state index < -0.39 is 0 Å². The van der Waals surface area contributed by atoms with Gasteiger partial charge in [0.15, 0.2) is 0 Å². The molecule has 0 bridgehead atoms. The lowest BCUT2D eigenvalue weighted by Crippen LogP contribution is -2.29. The minimum absolute atomic E-state index is 0.0113. The lowest BCUT2D eigenvalue weighted by atomic mass is 9.98. The fraction of sp³-hybridized carbons (Fsp3) is 0.286. The van der Waals surface area contributed by atoms with Crippen molar-refractivity contribution in [3.8, 4) is 11.4 Å². The van der Waals surface area contributed by atoms with Gasteiger partial charge in [-0.25, -0.2) is 0 Å². The van der Waals surface area contributed by atoms with Crippen molar-refractivity contribution in [2.75, 3.05) is 13.1 Å². The van der Waals surface area contributed by atoms with Crippen molar-refractivity contribution >= 4 is 5.91 Å². The zero-order valence-corrected chi connectivity index (χ0v) is 15.0. The van der Waals surface area contributed by atoms with Crippen LogP contribution in [0.25, 0.3) is 11.4 Å². The molecular formula is C21H22N4O2. The van der Waals surface area contributed by atoms with Gasteiger partial charge < -0.3 is 10.0 Å². The van der Waals surface area contributed by atoms with Gasteiger partial charge >= 0.3 is 0 Å². The number of aliphatic hydroxyl groups is 1. The third-order valence-electron chi connectivity index (χ3n) is 5.04. The van der Waals surface area contributed by atoms with E-state index in [0.29, 0.717) is 17.3 Å². The van der Waals surface area contributed by atoms with E-state index in [-0.39, 0.29) is 12.5 Å². The fourth-order valence-electron chi connectivity index (χ4n) is 3.54. The van der Waals surface area contributed by atoms with Crippen molar-refractivity contribution in [3.63, 3.8) is 0 Å². The normalized spacial score (nSPS) is 16.6. The molecule has 2 aromatic heterocycles. The van der Waals surface area contributed by atoms with Crippen molar-refractivity contribution in [3.05, 3.63) is 71.5 Å². The average Bonchev–Trinajstić information content (AvgIpc) is 3.39. The van der Waals surface area contributed by atoms with E-state index in [1.165, 1.54) is 5.56 Å². The first-order valence-corrected chi connectivity index (χ1v) is 9.17. The highest BCUT2D eigenvalue weighted by atomic mass is 16.3. The number of pyridine rings is 1. The topological polar surface area (TPSA) is 82.1 Å². The molecule has 3 heterocycles. The molecule has 0 aliphatic carbocycles. The summed E-state index contributed by atoms with van der Waals surface area (Å²) in [5.74, 6) is 0.440. The molecule has 2 N–H and O–H groups in total. The molecule has 1 aliphatic heterocycles. The highest BCUT2D eigenvalue weighted by Gasteiger charge is 2.28. The number of nitrogens with one attached hydrogen (secondary N) is 1. The number of nitrogens with zero attached hydrogens (tertiary/aromatic N) is 3. The quantitative estimate of drug-likeness (QED) is 0.731. The summed E-state index contributed by atoms with van der Waals surface area (Å²) in [6, 6.07) is 15.4. The van der Waals surface area contributed by atoms with Gasteiger partial charge in [-0.3, -0.25) is 14.9 Å². The Morgan fingerprint density at radius 1 is 1.15 bits per heavy atom. The number of benzene rings is 1. The Kier molecular flexibility index (Phi) is 4.98. The van der Waals surface area contributed by atoms with Crippen LogP contribution in [0.1, 0.15) is 28.0 Å². The Balaban J connectivity index is 1.38. The molecule has 0 saturated carbocycles. The highest BCUT2D eigenvalue weighted by Crippen LogP contribution is 2.23. The SMILES string of the molecule is O=C(c1cc(-c2ccccn2)n[nH]1)N1CC[C@H](Cc2ccc(CO)cc2)C1. The first-order valence-electron chi connectivity index (χ1n) is 9.17.